The van der Waals surface area contributed by atoms with Gasteiger partial charge in [-0.15, -0.1) is 0 Å². The molecule has 4 nitrogen and oxygen atoms in total. The molecule has 1 fully saturated rings. The van der Waals surface area contributed by atoms with Gasteiger partial charge in [0.15, 0.2) is 0 Å². The Kier molecular flexibility index (Phi) is 6.26. The zero-order valence-electron chi connectivity index (χ0n) is 13.8. The minimum absolute atomic E-state index is 0.570. The van der Waals surface area contributed by atoms with Crippen molar-refractivity contribution in [3.05, 3.63) is 15.9 Å². The molecule has 2 atom stereocenters. The van der Waals surface area contributed by atoms with Crippen molar-refractivity contribution in [3.63, 3.8) is 0 Å². The van der Waals surface area contributed by atoms with Crippen LogP contribution < -0.4 is 5.32 Å². The van der Waals surface area contributed by atoms with Crippen molar-refractivity contribution in [3.8, 4) is 0 Å². The molecule has 120 valence electrons. The van der Waals surface area contributed by atoms with E-state index in [-0.39, 0.29) is 0 Å². The van der Waals surface area contributed by atoms with Gasteiger partial charge in [-0.05, 0) is 42.6 Å². The Balaban J connectivity index is 2.19. The Bertz CT molecular complexity index is 457. The second-order valence-corrected chi connectivity index (χ2v) is 6.85. The first-order valence-electron chi connectivity index (χ1n) is 8.32. The fourth-order valence-corrected chi connectivity index (χ4v) is 3.89. The highest BCUT2D eigenvalue weighted by molar-refractivity contribution is 9.10. The number of aryl methyl sites for hydroxylation is 2. The molecule has 0 aliphatic carbocycles. The lowest BCUT2D eigenvalue weighted by atomic mass is 10.0. The van der Waals surface area contributed by atoms with Crippen LogP contribution in [0.25, 0.3) is 0 Å². The Morgan fingerprint density at radius 2 is 2.10 bits per heavy atom. The van der Waals surface area contributed by atoms with Crippen molar-refractivity contribution >= 4 is 15.9 Å². The Morgan fingerprint density at radius 3 is 2.71 bits per heavy atom. The third-order valence-corrected chi connectivity index (χ3v) is 5.31. The van der Waals surface area contributed by atoms with E-state index in [1.165, 1.54) is 28.7 Å². The van der Waals surface area contributed by atoms with Gasteiger partial charge in [0.25, 0.3) is 0 Å². The quantitative estimate of drug-likeness (QED) is 0.849. The highest BCUT2D eigenvalue weighted by atomic mass is 79.9. The van der Waals surface area contributed by atoms with Crippen LogP contribution in [0.5, 0.6) is 0 Å². The van der Waals surface area contributed by atoms with Gasteiger partial charge in [-0.1, -0.05) is 20.3 Å². The number of nitrogens with one attached hydrogen (secondary N) is 1. The van der Waals surface area contributed by atoms with Crippen molar-refractivity contribution in [2.24, 2.45) is 0 Å². The second kappa shape index (κ2) is 7.75. The maximum Gasteiger partial charge on any atom is 0.0767 e. The Labute approximate surface area is 137 Å². The van der Waals surface area contributed by atoms with Crippen molar-refractivity contribution in [1.29, 1.82) is 0 Å². The summed E-state index contributed by atoms with van der Waals surface area (Å²) in [6.45, 7) is 13.1. The summed E-state index contributed by atoms with van der Waals surface area (Å²) < 4.78 is 3.38. The van der Waals surface area contributed by atoms with Crippen LogP contribution in [0.3, 0.4) is 0 Å². The molecule has 2 unspecified atom stereocenters. The van der Waals surface area contributed by atoms with Crippen LogP contribution in [0.1, 0.15) is 51.9 Å². The molecular weight excluding hydrogens is 328 g/mol. The summed E-state index contributed by atoms with van der Waals surface area (Å²) in [4.78, 5) is 2.64. The van der Waals surface area contributed by atoms with Crippen molar-refractivity contribution < 1.29 is 0 Å². The summed E-state index contributed by atoms with van der Waals surface area (Å²) >= 11 is 3.78. The van der Waals surface area contributed by atoms with Gasteiger partial charge in [0.1, 0.15) is 0 Å². The minimum Gasteiger partial charge on any atom is -0.311 e. The highest BCUT2D eigenvalue weighted by Gasteiger charge is 2.27. The number of nitrogens with zero attached hydrogens (tertiary/aromatic N) is 3. The number of aromatic nitrogens is 2. The molecule has 0 aromatic carbocycles. The molecule has 2 rings (SSSR count). The van der Waals surface area contributed by atoms with Crippen LogP contribution in [0.2, 0.25) is 0 Å². The van der Waals surface area contributed by atoms with E-state index in [0.29, 0.717) is 12.1 Å². The fourth-order valence-electron chi connectivity index (χ4n) is 3.20. The summed E-state index contributed by atoms with van der Waals surface area (Å²) in [5.41, 5.74) is 2.52. The maximum atomic E-state index is 4.73. The van der Waals surface area contributed by atoms with Gasteiger partial charge in [-0.25, -0.2) is 0 Å². The third-order valence-electron chi connectivity index (χ3n) is 4.40. The lowest BCUT2D eigenvalue weighted by Crippen LogP contribution is -2.55. The molecule has 0 bridgehead atoms. The fraction of sp³-hybridized carbons (Fsp3) is 0.812. The van der Waals surface area contributed by atoms with Crippen molar-refractivity contribution in [1.82, 2.24) is 20.0 Å². The number of halogens is 1. The van der Waals surface area contributed by atoms with E-state index in [1.54, 1.807) is 0 Å². The van der Waals surface area contributed by atoms with Gasteiger partial charge in [0.2, 0.25) is 0 Å². The number of piperazine rings is 1. The van der Waals surface area contributed by atoms with Crippen molar-refractivity contribution in [2.75, 3.05) is 13.1 Å². The zero-order chi connectivity index (χ0) is 15.4. The van der Waals surface area contributed by atoms with Crippen LogP contribution >= 0.6 is 15.9 Å². The first kappa shape index (κ1) is 17.0. The monoisotopic (exact) mass is 356 g/mol. The molecule has 1 N–H and O–H groups in total. The van der Waals surface area contributed by atoms with E-state index < -0.39 is 0 Å². The Hall–Kier alpha value is -0.390. The summed E-state index contributed by atoms with van der Waals surface area (Å²) in [6.07, 6.45) is 3.49. The highest BCUT2D eigenvalue weighted by Crippen LogP contribution is 2.25. The number of rotatable bonds is 6. The predicted molar refractivity (Wildman–Crippen MR) is 91.5 cm³/mol. The first-order chi connectivity index (χ1) is 10.1. The zero-order valence-corrected chi connectivity index (χ0v) is 15.4. The third kappa shape index (κ3) is 3.88. The molecule has 0 radical (unpaired) electrons. The standard InChI is InChI=1S/C16H29BrN4/c1-5-8-13-9-18-12(4)10-20(13)11-15-16(17)14(6-2)19-21(15)7-3/h12-13,18H,5-11H2,1-4H3. The molecular formula is C16H29BrN4. The Morgan fingerprint density at radius 1 is 1.33 bits per heavy atom. The molecule has 0 spiro atoms. The molecule has 1 aromatic heterocycles. The van der Waals surface area contributed by atoms with E-state index in [0.717, 1.165) is 32.6 Å². The van der Waals surface area contributed by atoms with E-state index in [9.17, 15) is 0 Å². The van der Waals surface area contributed by atoms with Crippen LogP contribution in [-0.4, -0.2) is 39.9 Å². The molecule has 1 aliphatic heterocycles. The van der Waals surface area contributed by atoms with Crippen LogP contribution in [0.4, 0.5) is 0 Å². The van der Waals surface area contributed by atoms with Crippen molar-refractivity contribution in [2.45, 2.75) is 72.1 Å². The number of hydrogen-bond acceptors (Lipinski definition) is 3. The molecule has 0 saturated carbocycles. The molecule has 0 amide bonds. The molecule has 1 aliphatic rings. The topological polar surface area (TPSA) is 33.1 Å². The van der Waals surface area contributed by atoms with E-state index in [2.05, 4.69) is 58.5 Å². The van der Waals surface area contributed by atoms with Gasteiger partial charge in [-0.2, -0.15) is 5.10 Å². The van der Waals surface area contributed by atoms with Gasteiger partial charge in [0, 0.05) is 38.3 Å². The predicted octanol–water partition coefficient (Wildman–Crippen LogP) is 3.19. The second-order valence-electron chi connectivity index (χ2n) is 6.06. The van der Waals surface area contributed by atoms with Crippen LogP contribution in [-0.2, 0) is 19.5 Å². The molecule has 21 heavy (non-hydrogen) atoms. The molecule has 1 saturated heterocycles. The number of hydrogen-bond donors (Lipinski definition) is 1. The lowest BCUT2D eigenvalue weighted by Gasteiger charge is -2.39. The van der Waals surface area contributed by atoms with Gasteiger partial charge in [-0.3, -0.25) is 9.58 Å². The van der Waals surface area contributed by atoms with Gasteiger partial charge >= 0.3 is 0 Å². The lowest BCUT2D eigenvalue weighted by molar-refractivity contribution is 0.116. The van der Waals surface area contributed by atoms with E-state index in [4.69, 9.17) is 5.10 Å². The van der Waals surface area contributed by atoms with Crippen LogP contribution in [0.15, 0.2) is 4.47 Å². The SMILES string of the molecule is CCCC1CNC(C)CN1Cc1c(Br)c(CC)nn1CC. The molecule has 5 heteroatoms. The van der Waals surface area contributed by atoms with E-state index in [1.807, 2.05) is 0 Å². The average molecular weight is 357 g/mol. The maximum absolute atomic E-state index is 4.73. The first-order valence-corrected chi connectivity index (χ1v) is 9.11. The molecule has 1 aromatic rings. The summed E-state index contributed by atoms with van der Waals surface area (Å²) in [7, 11) is 0. The minimum atomic E-state index is 0.570. The largest absolute Gasteiger partial charge is 0.311 e. The van der Waals surface area contributed by atoms with Gasteiger partial charge < -0.3 is 5.32 Å². The average Bonchev–Trinajstić information content (AvgIpc) is 2.78. The van der Waals surface area contributed by atoms with Crippen LogP contribution in [0, 0.1) is 0 Å². The smallest absolute Gasteiger partial charge is 0.0767 e. The van der Waals surface area contributed by atoms with E-state index >= 15 is 0 Å². The normalized spacial score (nSPS) is 23.7. The molecule has 2 heterocycles. The summed E-state index contributed by atoms with van der Waals surface area (Å²) in [5, 5.41) is 8.35. The summed E-state index contributed by atoms with van der Waals surface area (Å²) in [5.74, 6) is 0. The summed E-state index contributed by atoms with van der Waals surface area (Å²) in [6, 6.07) is 1.21. The van der Waals surface area contributed by atoms with Gasteiger partial charge in [0.05, 0.1) is 15.9 Å².